The van der Waals surface area contributed by atoms with Gasteiger partial charge in [0.25, 0.3) is 5.69 Å². The van der Waals surface area contributed by atoms with E-state index in [0.717, 1.165) is 21.7 Å². The zero-order chi connectivity index (χ0) is 16.5. The Kier molecular flexibility index (Phi) is 4.18. The maximum Gasteiger partial charge on any atom is 0.294 e. The van der Waals surface area contributed by atoms with Crippen molar-refractivity contribution in [2.75, 3.05) is 17.6 Å². The van der Waals surface area contributed by atoms with E-state index in [-0.39, 0.29) is 11.4 Å². The number of nitro benzene ring substituents is 1. The molecule has 2 aromatic carbocycles. The molecule has 0 amide bonds. The fourth-order valence-electron chi connectivity index (χ4n) is 2.04. The monoisotopic (exact) mass is 320 g/mol. The minimum Gasteiger partial charge on any atom is -0.267 e. The number of nitrogens with zero attached hydrogens (tertiary/aromatic N) is 2. The molecule has 0 fully saturated rings. The normalized spacial score (nSPS) is 11.2. The lowest BCUT2D eigenvalue weighted by Gasteiger charge is -2.17. The summed E-state index contributed by atoms with van der Waals surface area (Å²) in [6.07, 6.45) is 1.00. The largest absolute Gasteiger partial charge is 0.294 e. The van der Waals surface area contributed by atoms with Crippen molar-refractivity contribution >= 4 is 21.4 Å². The Bertz CT molecular complexity index is 814. The van der Waals surface area contributed by atoms with Crippen LogP contribution in [0.2, 0.25) is 0 Å². The molecule has 0 heterocycles. The number of hydrogen-bond acceptors (Lipinski definition) is 4. The molecule has 0 saturated heterocycles. The number of rotatable bonds is 4. The first-order valence-electron chi connectivity index (χ1n) is 6.49. The highest BCUT2D eigenvalue weighted by atomic mass is 32.2. The van der Waals surface area contributed by atoms with Crippen molar-refractivity contribution in [3.63, 3.8) is 0 Å². The summed E-state index contributed by atoms with van der Waals surface area (Å²) in [4.78, 5) is 10.7. The minimum absolute atomic E-state index is 0.0448. The first-order chi connectivity index (χ1) is 10.2. The van der Waals surface area contributed by atoms with Crippen LogP contribution in [0.15, 0.2) is 42.5 Å². The number of sulfonamides is 1. The summed E-state index contributed by atoms with van der Waals surface area (Å²) in [6, 6.07) is 12.1. The van der Waals surface area contributed by atoms with Crippen molar-refractivity contribution in [1.29, 1.82) is 0 Å². The lowest BCUT2D eigenvalue weighted by molar-refractivity contribution is -0.384. The van der Waals surface area contributed by atoms with Gasteiger partial charge in [-0.15, -0.1) is 0 Å². The molecule has 22 heavy (non-hydrogen) atoms. The molecular weight excluding hydrogens is 304 g/mol. The van der Waals surface area contributed by atoms with Gasteiger partial charge in [-0.25, -0.2) is 8.42 Å². The summed E-state index contributed by atoms with van der Waals surface area (Å²) < 4.78 is 24.1. The number of benzene rings is 2. The molecular formula is C15H16N2O4S. The van der Waals surface area contributed by atoms with Crippen LogP contribution in [0.1, 0.15) is 5.56 Å². The van der Waals surface area contributed by atoms with E-state index < -0.39 is 14.9 Å². The molecule has 0 aliphatic heterocycles. The average Bonchev–Trinajstić information content (AvgIpc) is 2.45. The second-order valence-corrected chi connectivity index (χ2v) is 7.07. The van der Waals surface area contributed by atoms with E-state index in [2.05, 4.69) is 0 Å². The summed E-state index contributed by atoms with van der Waals surface area (Å²) in [7, 11) is -2.27. The average molecular weight is 320 g/mol. The van der Waals surface area contributed by atoms with E-state index in [9.17, 15) is 18.5 Å². The van der Waals surface area contributed by atoms with Gasteiger partial charge in [0.2, 0.25) is 10.0 Å². The molecule has 0 radical (unpaired) electrons. The second-order valence-electron chi connectivity index (χ2n) is 5.06. The van der Waals surface area contributed by atoms with Gasteiger partial charge >= 0.3 is 0 Å². The predicted octanol–water partition coefficient (Wildman–Crippen LogP) is 2.97. The third-order valence-corrected chi connectivity index (χ3v) is 4.59. The SMILES string of the molecule is Cc1ccc(-c2ccc(N(C)S(C)(=O)=O)c([N+](=O)[O-])c2)cc1. The van der Waals surface area contributed by atoms with Gasteiger partial charge in [0.1, 0.15) is 5.69 Å². The molecule has 0 aliphatic rings. The van der Waals surface area contributed by atoms with Crippen molar-refractivity contribution in [3.8, 4) is 11.1 Å². The summed E-state index contributed by atoms with van der Waals surface area (Å²) in [5.74, 6) is 0. The molecule has 7 heteroatoms. The summed E-state index contributed by atoms with van der Waals surface area (Å²) in [5, 5.41) is 11.3. The molecule has 0 bridgehead atoms. The van der Waals surface area contributed by atoms with Gasteiger partial charge in [-0.2, -0.15) is 0 Å². The molecule has 2 aromatic rings. The fourth-order valence-corrected chi connectivity index (χ4v) is 2.55. The Labute approximate surface area is 129 Å². The Morgan fingerprint density at radius 2 is 1.59 bits per heavy atom. The van der Waals surface area contributed by atoms with Crippen LogP contribution in [0, 0.1) is 17.0 Å². The van der Waals surface area contributed by atoms with E-state index in [1.165, 1.54) is 19.2 Å². The van der Waals surface area contributed by atoms with Crippen LogP contribution < -0.4 is 4.31 Å². The Balaban J connectivity index is 2.57. The van der Waals surface area contributed by atoms with Crippen LogP contribution >= 0.6 is 0 Å². The van der Waals surface area contributed by atoms with Gasteiger partial charge < -0.3 is 0 Å². The number of anilines is 1. The smallest absolute Gasteiger partial charge is 0.267 e. The van der Waals surface area contributed by atoms with Crippen molar-refractivity contribution in [3.05, 3.63) is 58.1 Å². The number of nitro groups is 1. The van der Waals surface area contributed by atoms with Crippen LogP contribution in [0.5, 0.6) is 0 Å². The maximum absolute atomic E-state index is 11.6. The number of hydrogen-bond donors (Lipinski definition) is 0. The molecule has 0 aromatic heterocycles. The zero-order valence-electron chi connectivity index (χ0n) is 12.5. The van der Waals surface area contributed by atoms with E-state index in [0.29, 0.717) is 5.56 Å². The van der Waals surface area contributed by atoms with Crippen LogP contribution in [0.3, 0.4) is 0 Å². The van der Waals surface area contributed by atoms with Crippen molar-refractivity contribution < 1.29 is 13.3 Å². The molecule has 0 unspecified atom stereocenters. The lowest BCUT2D eigenvalue weighted by Crippen LogP contribution is -2.25. The van der Waals surface area contributed by atoms with Crippen molar-refractivity contribution in [1.82, 2.24) is 0 Å². The maximum atomic E-state index is 11.6. The van der Waals surface area contributed by atoms with E-state index in [1.54, 1.807) is 6.07 Å². The van der Waals surface area contributed by atoms with E-state index in [1.807, 2.05) is 31.2 Å². The van der Waals surface area contributed by atoms with Gasteiger partial charge in [0, 0.05) is 13.1 Å². The third-order valence-electron chi connectivity index (χ3n) is 3.39. The molecule has 0 N–H and O–H groups in total. The van der Waals surface area contributed by atoms with Gasteiger partial charge in [-0.05, 0) is 24.1 Å². The minimum atomic E-state index is -3.57. The summed E-state index contributed by atoms with van der Waals surface area (Å²) in [5.41, 5.74) is 2.39. The molecule has 0 saturated carbocycles. The first kappa shape index (κ1) is 16.0. The first-order valence-corrected chi connectivity index (χ1v) is 8.34. The summed E-state index contributed by atoms with van der Waals surface area (Å²) in [6.45, 7) is 1.95. The topological polar surface area (TPSA) is 80.5 Å². The highest BCUT2D eigenvalue weighted by molar-refractivity contribution is 7.92. The zero-order valence-corrected chi connectivity index (χ0v) is 13.3. The quantitative estimate of drug-likeness (QED) is 0.640. The van der Waals surface area contributed by atoms with Gasteiger partial charge in [-0.3, -0.25) is 14.4 Å². The fraction of sp³-hybridized carbons (Fsp3) is 0.200. The van der Waals surface area contributed by atoms with Gasteiger partial charge in [0.05, 0.1) is 11.2 Å². The highest BCUT2D eigenvalue weighted by Gasteiger charge is 2.23. The summed E-state index contributed by atoms with van der Waals surface area (Å²) >= 11 is 0. The Morgan fingerprint density at radius 3 is 2.09 bits per heavy atom. The van der Waals surface area contributed by atoms with Crippen LogP contribution in [0.25, 0.3) is 11.1 Å². The molecule has 116 valence electrons. The van der Waals surface area contributed by atoms with Gasteiger partial charge in [-0.1, -0.05) is 35.9 Å². The molecule has 6 nitrogen and oxygen atoms in total. The van der Waals surface area contributed by atoms with E-state index in [4.69, 9.17) is 0 Å². The third kappa shape index (κ3) is 3.25. The van der Waals surface area contributed by atoms with Crippen molar-refractivity contribution in [2.24, 2.45) is 0 Å². The molecule has 0 aliphatic carbocycles. The molecule has 0 spiro atoms. The molecule has 2 rings (SSSR count). The lowest BCUT2D eigenvalue weighted by atomic mass is 10.0. The van der Waals surface area contributed by atoms with Crippen molar-refractivity contribution in [2.45, 2.75) is 6.92 Å². The van der Waals surface area contributed by atoms with Crippen LogP contribution in [-0.4, -0.2) is 26.6 Å². The van der Waals surface area contributed by atoms with Gasteiger partial charge in [0.15, 0.2) is 0 Å². The number of aryl methyl sites for hydroxylation is 1. The van der Waals surface area contributed by atoms with E-state index >= 15 is 0 Å². The van der Waals surface area contributed by atoms with Crippen LogP contribution in [-0.2, 0) is 10.0 Å². The molecule has 0 atom stereocenters. The second kappa shape index (κ2) is 5.76. The Hall–Kier alpha value is -2.41. The van der Waals surface area contributed by atoms with Crippen LogP contribution in [0.4, 0.5) is 11.4 Å². The highest BCUT2D eigenvalue weighted by Crippen LogP contribution is 2.33. The Morgan fingerprint density at radius 1 is 1.05 bits per heavy atom. The standard InChI is InChI=1S/C15H16N2O4S/c1-11-4-6-12(7-5-11)13-8-9-14(15(10-13)17(18)19)16(2)22(3,20)21/h4-10H,1-3H3. The predicted molar refractivity (Wildman–Crippen MR) is 86.5 cm³/mol.